The first kappa shape index (κ1) is 24.4. The molecule has 0 atom stereocenters. The number of nitrogens with zero attached hydrogens (tertiary/aromatic N) is 3. The van der Waals surface area contributed by atoms with E-state index in [9.17, 15) is 5.11 Å². The normalized spacial score (nSPS) is 16.4. The molecule has 4 nitrogen and oxygen atoms in total. The van der Waals surface area contributed by atoms with Gasteiger partial charge < -0.3 is 10.0 Å². The van der Waals surface area contributed by atoms with Gasteiger partial charge in [0, 0.05) is 38.3 Å². The van der Waals surface area contributed by atoms with Crippen LogP contribution in [0.15, 0.2) is 59.6 Å². The molecule has 1 saturated heterocycles. The number of β-amino-alcohol motifs (C(OH)–C–C–N with tert-alkyl or cyclic N) is 1. The molecule has 0 saturated carbocycles. The van der Waals surface area contributed by atoms with Gasteiger partial charge in [0.15, 0.2) is 0 Å². The van der Waals surface area contributed by atoms with Gasteiger partial charge in [0.1, 0.15) is 5.84 Å². The molecular formula is C24H31Cl2N3O. The molecule has 30 heavy (non-hydrogen) atoms. The molecule has 2 aromatic carbocycles. The maximum Gasteiger partial charge on any atom is 0.136 e. The van der Waals surface area contributed by atoms with Crippen LogP contribution >= 0.6 is 24.8 Å². The van der Waals surface area contributed by atoms with Crippen LogP contribution in [0.1, 0.15) is 23.6 Å². The van der Waals surface area contributed by atoms with Crippen molar-refractivity contribution in [1.29, 1.82) is 0 Å². The van der Waals surface area contributed by atoms with Crippen LogP contribution in [0.3, 0.4) is 0 Å². The molecular weight excluding hydrogens is 417 g/mol. The predicted molar refractivity (Wildman–Crippen MR) is 131 cm³/mol. The summed E-state index contributed by atoms with van der Waals surface area (Å²) in [7, 11) is 0. The topological polar surface area (TPSA) is 39.1 Å². The molecule has 2 aliphatic rings. The SMILES string of the molecule is CCc1ccc2c(c1)CC=C(c1ccccc1)C(N1CCN(CCO)CC1)=N2.Cl.Cl. The van der Waals surface area contributed by atoms with Crippen LogP contribution in [0, 0.1) is 0 Å². The fourth-order valence-corrected chi connectivity index (χ4v) is 4.04. The Kier molecular flexibility index (Phi) is 9.37. The number of hydrogen-bond acceptors (Lipinski definition) is 4. The summed E-state index contributed by atoms with van der Waals surface area (Å²) < 4.78 is 0. The lowest BCUT2D eigenvalue weighted by Crippen LogP contribution is -2.49. The first-order chi connectivity index (χ1) is 13.8. The molecule has 0 radical (unpaired) electrons. The van der Waals surface area contributed by atoms with Crippen LogP contribution in [-0.2, 0) is 12.8 Å². The van der Waals surface area contributed by atoms with Crippen molar-refractivity contribution >= 4 is 41.9 Å². The Bertz CT molecular complexity index is 875. The van der Waals surface area contributed by atoms with Crippen LogP contribution in [0.5, 0.6) is 0 Å². The van der Waals surface area contributed by atoms with Crippen molar-refractivity contribution in [3.8, 4) is 0 Å². The van der Waals surface area contributed by atoms with Crippen molar-refractivity contribution in [3.63, 3.8) is 0 Å². The van der Waals surface area contributed by atoms with Crippen molar-refractivity contribution in [2.75, 3.05) is 39.3 Å². The van der Waals surface area contributed by atoms with E-state index in [1.165, 1.54) is 22.3 Å². The maximum absolute atomic E-state index is 9.22. The number of fused-ring (bicyclic) bond motifs is 1. The van der Waals surface area contributed by atoms with Crippen molar-refractivity contribution in [2.45, 2.75) is 19.8 Å². The quantitative estimate of drug-likeness (QED) is 0.755. The summed E-state index contributed by atoms with van der Waals surface area (Å²) in [5, 5.41) is 9.22. The van der Waals surface area contributed by atoms with Crippen molar-refractivity contribution in [3.05, 3.63) is 71.3 Å². The number of halogens is 2. The molecule has 0 unspecified atom stereocenters. The van der Waals surface area contributed by atoms with Gasteiger partial charge in [-0.3, -0.25) is 4.90 Å². The van der Waals surface area contributed by atoms with Crippen molar-refractivity contribution < 1.29 is 5.11 Å². The molecule has 162 valence electrons. The number of rotatable bonds is 4. The highest BCUT2D eigenvalue weighted by atomic mass is 35.5. The third kappa shape index (κ3) is 5.44. The maximum atomic E-state index is 9.22. The minimum Gasteiger partial charge on any atom is -0.395 e. The molecule has 1 fully saturated rings. The number of benzene rings is 2. The van der Waals surface area contributed by atoms with E-state index >= 15 is 0 Å². The Morgan fingerprint density at radius 2 is 1.70 bits per heavy atom. The Hall–Kier alpha value is -1.85. The van der Waals surface area contributed by atoms with Crippen LogP contribution in [0.4, 0.5) is 5.69 Å². The van der Waals surface area contributed by atoms with E-state index in [1.807, 2.05) is 0 Å². The molecule has 2 aromatic rings. The molecule has 2 heterocycles. The summed E-state index contributed by atoms with van der Waals surface area (Å²) in [6, 6.07) is 17.3. The summed E-state index contributed by atoms with van der Waals surface area (Å²) in [6.07, 6.45) is 4.30. The minimum atomic E-state index is 0. The Balaban J connectivity index is 0.00000160. The molecule has 0 aromatic heterocycles. The molecule has 2 aliphatic heterocycles. The van der Waals surface area contributed by atoms with E-state index in [0.29, 0.717) is 0 Å². The number of aliphatic hydroxyl groups is 1. The summed E-state index contributed by atoms with van der Waals surface area (Å²) in [5.74, 6) is 1.08. The summed E-state index contributed by atoms with van der Waals surface area (Å²) >= 11 is 0. The third-order valence-electron chi connectivity index (χ3n) is 5.72. The van der Waals surface area contributed by atoms with Gasteiger partial charge in [0.05, 0.1) is 12.3 Å². The Morgan fingerprint density at radius 3 is 2.37 bits per heavy atom. The smallest absolute Gasteiger partial charge is 0.136 e. The van der Waals surface area contributed by atoms with Gasteiger partial charge in [0.25, 0.3) is 0 Å². The van der Waals surface area contributed by atoms with Crippen molar-refractivity contribution in [2.24, 2.45) is 4.99 Å². The third-order valence-corrected chi connectivity index (χ3v) is 5.72. The number of hydrogen-bond donors (Lipinski definition) is 1. The van der Waals surface area contributed by atoms with Gasteiger partial charge in [0.2, 0.25) is 0 Å². The predicted octanol–water partition coefficient (Wildman–Crippen LogP) is 4.37. The fourth-order valence-electron chi connectivity index (χ4n) is 4.04. The molecule has 0 aliphatic carbocycles. The first-order valence-electron chi connectivity index (χ1n) is 10.3. The zero-order valence-electron chi connectivity index (χ0n) is 17.5. The Morgan fingerprint density at radius 1 is 0.967 bits per heavy atom. The molecule has 0 bridgehead atoms. The largest absolute Gasteiger partial charge is 0.395 e. The molecule has 1 N–H and O–H groups in total. The number of amidine groups is 1. The zero-order valence-corrected chi connectivity index (χ0v) is 19.1. The van der Waals surface area contributed by atoms with Crippen LogP contribution in [0.25, 0.3) is 5.57 Å². The average molecular weight is 448 g/mol. The van der Waals surface area contributed by atoms with Crippen LogP contribution in [0.2, 0.25) is 0 Å². The Labute approximate surface area is 192 Å². The van der Waals surface area contributed by atoms with Gasteiger partial charge in [-0.05, 0) is 35.6 Å². The molecule has 4 rings (SSSR count). The number of aliphatic imine (C=N–C) groups is 1. The lowest BCUT2D eigenvalue weighted by atomic mass is 10.0. The molecule has 0 amide bonds. The minimum absolute atomic E-state index is 0. The van der Waals surface area contributed by atoms with Gasteiger partial charge in [-0.2, -0.15) is 0 Å². The second-order valence-corrected chi connectivity index (χ2v) is 7.49. The molecule has 0 spiro atoms. The van der Waals surface area contributed by atoms with E-state index in [0.717, 1.165) is 57.1 Å². The highest BCUT2D eigenvalue weighted by Crippen LogP contribution is 2.31. The van der Waals surface area contributed by atoms with Crippen LogP contribution < -0.4 is 0 Å². The second-order valence-electron chi connectivity index (χ2n) is 7.49. The lowest BCUT2D eigenvalue weighted by molar-refractivity contribution is 0.148. The van der Waals surface area contributed by atoms with E-state index in [2.05, 4.69) is 71.3 Å². The van der Waals surface area contributed by atoms with E-state index in [1.54, 1.807) is 0 Å². The number of aliphatic hydroxyl groups excluding tert-OH is 1. The molecule has 6 heteroatoms. The van der Waals surface area contributed by atoms with Gasteiger partial charge in [-0.1, -0.05) is 55.5 Å². The van der Waals surface area contributed by atoms with Gasteiger partial charge >= 0.3 is 0 Å². The van der Waals surface area contributed by atoms with Gasteiger partial charge in [-0.15, -0.1) is 24.8 Å². The summed E-state index contributed by atoms with van der Waals surface area (Å²) in [6.45, 7) is 6.97. The highest BCUT2D eigenvalue weighted by molar-refractivity contribution is 6.23. The fraction of sp³-hybridized carbons (Fsp3) is 0.375. The first-order valence-corrected chi connectivity index (χ1v) is 10.3. The van der Waals surface area contributed by atoms with Gasteiger partial charge in [-0.25, -0.2) is 4.99 Å². The van der Waals surface area contributed by atoms with Crippen molar-refractivity contribution in [1.82, 2.24) is 9.80 Å². The number of aryl methyl sites for hydroxylation is 1. The zero-order chi connectivity index (χ0) is 19.3. The van der Waals surface area contributed by atoms with E-state index in [-0.39, 0.29) is 31.4 Å². The lowest BCUT2D eigenvalue weighted by Gasteiger charge is -2.36. The summed E-state index contributed by atoms with van der Waals surface area (Å²) in [4.78, 5) is 9.91. The monoisotopic (exact) mass is 447 g/mol. The average Bonchev–Trinajstić information content (AvgIpc) is 2.94. The number of piperazine rings is 1. The van der Waals surface area contributed by atoms with E-state index < -0.39 is 0 Å². The second kappa shape index (κ2) is 11.5. The standard InChI is InChI=1S/C24H29N3O.2ClH/c1-2-19-8-11-23-21(18-19)9-10-22(20-6-4-3-5-7-20)24(25-23)27-14-12-26(13-15-27)16-17-28;;/h3-8,10-11,18,28H,2,9,12-17H2,1H3;2*1H. The van der Waals surface area contributed by atoms with E-state index in [4.69, 9.17) is 4.99 Å². The highest BCUT2D eigenvalue weighted by Gasteiger charge is 2.24. The summed E-state index contributed by atoms with van der Waals surface area (Å²) in [5.41, 5.74) is 6.21. The van der Waals surface area contributed by atoms with Crippen LogP contribution in [-0.4, -0.2) is 60.1 Å². The number of allylic oxidation sites excluding steroid dienone is 1.